The molecule has 0 aromatic carbocycles. The Labute approximate surface area is 47.3 Å². The molecular weight excluding hydrogens is 153 g/mol. The molecule has 0 fully saturated rings. The fourth-order valence-corrected chi connectivity index (χ4v) is 0. The Morgan fingerprint density at radius 3 is 1.60 bits per heavy atom. The normalized spacial score (nSPS) is 3.60. The average Bonchev–Trinajstić information content (AvgIpc) is 0.918. The van der Waals surface area contributed by atoms with E-state index in [2.05, 4.69) is 15.9 Å². The minimum atomic E-state index is 0. The van der Waals surface area contributed by atoms with E-state index in [4.69, 9.17) is 0 Å². The molecule has 0 heterocycles. The lowest BCUT2D eigenvalue weighted by Crippen LogP contribution is -1.34. The van der Waals surface area contributed by atoms with E-state index in [0.717, 1.165) is 5.33 Å². The molecule has 1 nitrogen and oxygen atoms in total. The third-order valence-electron chi connectivity index (χ3n) is 0. The maximum absolute atomic E-state index is 3.15. The van der Waals surface area contributed by atoms with Gasteiger partial charge in [0, 0.05) is 5.33 Å². The third-order valence-corrected chi connectivity index (χ3v) is 0. The van der Waals surface area contributed by atoms with Gasteiger partial charge >= 0.3 is 0 Å². The summed E-state index contributed by atoms with van der Waals surface area (Å²) < 4.78 is 0. The molecule has 0 saturated carbocycles. The van der Waals surface area contributed by atoms with Crippen LogP contribution in [0.5, 0.6) is 0 Å². The van der Waals surface area contributed by atoms with Gasteiger partial charge in [-0.15, -0.1) is 12.4 Å². The van der Waals surface area contributed by atoms with Crippen LogP contribution in [-0.4, -0.2) is 5.33 Å². The third kappa shape index (κ3) is 66.2. The summed E-state index contributed by atoms with van der Waals surface area (Å²) in [6, 6.07) is 0. The van der Waals surface area contributed by atoms with Gasteiger partial charge in [-0.1, -0.05) is 22.9 Å². The van der Waals surface area contributed by atoms with Gasteiger partial charge in [0.15, 0.2) is 0 Å². The van der Waals surface area contributed by atoms with Crippen molar-refractivity contribution < 1.29 is 0 Å². The molecule has 0 unspecified atom stereocenters. The maximum atomic E-state index is 3.15. The second-order valence-corrected chi connectivity index (χ2v) is 1.39. The molecular formula is C2H9BrClN. The summed E-state index contributed by atoms with van der Waals surface area (Å²) in [6.45, 7) is 2.04. The van der Waals surface area contributed by atoms with Crippen LogP contribution < -0.4 is 6.15 Å². The van der Waals surface area contributed by atoms with Gasteiger partial charge in [0.25, 0.3) is 0 Å². The zero-order valence-corrected chi connectivity index (χ0v) is 5.60. The highest BCUT2D eigenvalue weighted by atomic mass is 79.9. The van der Waals surface area contributed by atoms with E-state index in [1.54, 1.807) is 0 Å². The van der Waals surface area contributed by atoms with Crippen molar-refractivity contribution in [2.75, 3.05) is 5.33 Å². The molecule has 0 aliphatic rings. The summed E-state index contributed by atoms with van der Waals surface area (Å²) >= 11 is 3.15. The van der Waals surface area contributed by atoms with Gasteiger partial charge in [-0.2, -0.15) is 0 Å². The Balaban J connectivity index is -0.0000000200. The van der Waals surface area contributed by atoms with Crippen LogP contribution in [0.2, 0.25) is 0 Å². The molecule has 0 bridgehead atoms. The van der Waals surface area contributed by atoms with Crippen molar-refractivity contribution in [3.05, 3.63) is 0 Å². The fraction of sp³-hybridized carbons (Fsp3) is 1.00. The number of hydrogen-bond donors (Lipinski definition) is 1. The first kappa shape index (κ1) is 17.2. The maximum Gasteiger partial charge on any atom is 0.000281 e. The summed E-state index contributed by atoms with van der Waals surface area (Å²) in [6.07, 6.45) is 0. The molecule has 0 atom stereocenters. The predicted molar refractivity (Wildman–Crippen MR) is 31.7 cm³/mol. The smallest absolute Gasteiger partial charge is 0.000281 e. The molecule has 0 aromatic heterocycles. The quantitative estimate of drug-likeness (QED) is 0.543. The van der Waals surface area contributed by atoms with Crippen LogP contribution in [0.25, 0.3) is 0 Å². The van der Waals surface area contributed by atoms with Crippen LogP contribution in [-0.2, 0) is 0 Å². The van der Waals surface area contributed by atoms with Gasteiger partial charge in [0.1, 0.15) is 0 Å². The highest BCUT2D eigenvalue weighted by Gasteiger charge is 1.38. The minimum absolute atomic E-state index is 0. The average molecular weight is 162 g/mol. The van der Waals surface area contributed by atoms with Gasteiger partial charge in [-0.25, -0.2) is 0 Å². The van der Waals surface area contributed by atoms with Crippen LogP contribution in [0.4, 0.5) is 0 Å². The largest absolute Gasteiger partial charge is 0.344 e. The van der Waals surface area contributed by atoms with E-state index in [1.165, 1.54) is 0 Å². The Morgan fingerprint density at radius 2 is 1.60 bits per heavy atom. The summed E-state index contributed by atoms with van der Waals surface area (Å²) in [7, 11) is 0. The van der Waals surface area contributed by atoms with Crippen LogP contribution in [0.1, 0.15) is 6.92 Å². The molecule has 0 spiro atoms. The van der Waals surface area contributed by atoms with E-state index < -0.39 is 0 Å². The standard InChI is InChI=1S/C2H5Br.ClH.H3N/c1-2-3;;/h2H2,1H3;1H;1H3. The Bertz CT molecular complexity index is 9.61. The Hall–Kier alpha value is 0.730. The molecule has 0 rings (SSSR count). The molecule has 0 aromatic rings. The molecule has 0 saturated heterocycles. The molecule has 0 aliphatic heterocycles. The monoisotopic (exact) mass is 161 g/mol. The molecule has 5 heavy (non-hydrogen) atoms. The van der Waals surface area contributed by atoms with Gasteiger partial charge in [-0.3, -0.25) is 0 Å². The van der Waals surface area contributed by atoms with Crippen molar-refractivity contribution in [2.24, 2.45) is 0 Å². The predicted octanol–water partition coefficient (Wildman–Crippen LogP) is 1.98. The zero-order valence-electron chi connectivity index (χ0n) is 3.20. The van der Waals surface area contributed by atoms with Crippen molar-refractivity contribution >= 4 is 28.3 Å². The summed E-state index contributed by atoms with van der Waals surface area (Å²) in [5.41, 5.74) is 0. The molecule has 3 heteroatoms. The summed E-state index contributed by atoms with van der Waals surface area (Å²) in [5, 5.41) is 1.06. The van der Waals surface area contributed by atoms with Crippen molar-refractivity contribution in [2.45, 2.75) is 6.92 Å². The highest BCUT2D eigenvalue weighted by molar-refractivity contribution is 9.09. The molecule has 0 amide bonds. The van der Waals surface area contributed by atoms with E-state index >= 15 is 0 Å². The first-order valence-corrected chi connectivity index (χ1v) is 2.10. The first-order chi connectivity index (χ1) is 1.41. The summed E-state index contributed by atoms with van der Waals surface area (Å²) in [4.78, 5) is 0. The zero-order chi connectivity index (χ0) is 2.71. The van der Waals surface area contributed by atoms with Crippen molar-refractivity contribution in [3.63, 3.8) is 0 Å². The summed E-state index contributed by atoms with van der Waals surface area (Å²) in [5.74, 6) is 0. The molecule has 3 N–H and O–H groups in total. The van der Waals surface area contributed by atoms with E-state index in [1.807, 2.05) is 6.92 Å². The van der Waals surface area contributed by atoms with E-state index in [9.17, 15) is 0 Å². The number of alkyl halides is 1. The van der Waals surface area contributed by atoms with Crippen LogP contribution in [0, 0.1) is 0 Å². The fourth-order valence-electron chi connectivity index (χ4n) is 0. The lowest BCUT2D eigenvalue weighted by molar-refractivity contribution is 1.56. The molecule has 0 aliphatic carbocycles. The Morgan fingerprint density at radius 1 is 1.60 bits per heavy atom. The van der Waals surface area contributed by atoms with Crippen LogP contribution in [0.3, 0.4) is 0 Å². The Kier molecular flexibility index (Phi) is 75.6. The number of halogens is 2. The van der Waals surface area contributed by atoms with Crippen LogP contribution >= 0.6 is 28.3 Å². The van der Waals surface area contributed by atoms with Crippen molar-refractivity contribution in [1.82, 2.24) is 6.15 Å². The van der Waals surface area contributed by atoms with Crippen molar-refractivity contribution in [1.29, 1.82) is 0 Å². The lowest BCUT2D eigenvalue weighted by Gasteiger charge is -1.45. The van der Waals surface area contributed by atoms with Gasteiger partial charge in [-0.05, 0) is 0 Å². The second kappa shape index (κ2) is 22.0. The molecule has 0 radical (unpaired) electrons. The molecule has 36 valence electrons. The van der Waals surface area contributed by atoms with Crippen molar-refractivity contribution in [3.8, 4) is 0 Å². The number of rotatable bonds is 0. The topological polar surface area (TPSA) is 35.0 Å². The first-order valence-electron chi connectivity index (χ1n) is 0.974. The lowest BCUT2D eigenvalue weighted by atomic mass is 11.0. The number of hydrogen-bond acceptors (Lipinski definition) is 1. The van der Waals surface area contributed by atoms with Gasteiger partial charge in [0.2, 0.25) is 0 Å². The van der Waals surface area contributed by atoms with Gasteiger partial charge < -0.3 is 6.15 Å². The van der Waals surface area contributed by atoms with E-state index in [0.29, 0.717) is 0 Å². The highest BCUT2D eigenvalue weighted by Crippen LogP contribution is 1.67. The second-order valence-electron chi connectivity index (χ2n) is 0.267. The SMILES string of the molecule is CCBr.Cl.N. The minimum Gasteiger partial charge on any atom is -0.344 e. The van der Waals surface area contributed by atoms with Gasteiger partial charge in [0.05, 0.1) is 0 Å². The van der Waals surface area contributed by atoms with Crippen LogP contribution in [0.15, 0.2) is 0 Å². The van der Waals surface area contributed by atoms with E-state index in [-0.39, 0.29) is 18.6 Å².